The average molecular weight is 345 g/mol. The molecule has 0 aliphatic rings. The van der Waals surface area contributed by atoms with Crippen LogP contribution in [0.5, 0.6) is 11.5 Å². The summed E-state index contributed by atoms with van der Waals surface area (Å²) in [7, 11) is 1.80. The van der Waals surface area contributed by atoms with Gasteiger partial charge >= 0.3 is 5.97 Å². The van der Waals surface area contributed by atoms with E-state index in [4.69, 9.17) is 26.8 Å². The maximum absolute atomic E-state index is 12.4. The van der Waals surface area contributed by atoms with Crippen LogP contribution in [0.3, 0.4) is 0 Å². The summed E-state index contributed by atoms with van der Waals surface area (Å²) >= 11 is 5.93. The fraction of sp³-hybridized carbons (Fsp3) is 0.167. The van der Waals surface area contributed by atoms with Gasteiger partial charge < -0.3 is 19.8 Å². The van der Waals surface area contributed by atoms with Crippen LogP contribution in [0.4, 0.5) is 5.69 Å². The number of aromatic nitrogens is 1. The molecule has 6 heteroatoms. The fourth-order valence-corrected chi connectivity index (χ4v) is 2.79. The van der Waals surface area contributed by atoms with Gasteiger partial charge in [0.15, 0.2) is 17.2 Å². The SMILES string of the molecule is CCOC(=O)c1c(Oc2ccc(Cl)cc2N)c2ccccc2n1C. The maximum Gasteiger partial charge on any atom is 0.358 e. The van der Waals surface area contributed by atoms with Gasteiger partial charge in [0.2, 0.25) is 0 Å². The lowest BCUT2D eigenvalue weighted by molar-refractivity contribution is 0.0513. The highest BCUT2D eigenvalue weighted by Crippen LogP contribution is 2.38. The van der Waals surface area contributed by atoms with E-state index >= 15 is 0 Å². The predicted molar refractivity (Wildman–Crippen MR) is 94.8 cm³/mol. The number of hydrogen-bond acceptors (Lipinski definition) is 4. The number of nitrogen functional groups attached to an aromatic ring is 1. The monoisotopic (exact) mass is 344 g/mol. The average Bonchev–Trinajstić information content (AvgIpc) is 2.83. The van der Waals surface area contributed by atoms with Gasteiger partial charge in [-0.25, -0.2) is 4.79 Å². The van der Waals surface area contributed by atoms with Crippen molar-refractivity contribution in [2.75, 3.05) is 12.3 Å². The lowest BCUT2D eigenvalue weighted by atomic mass is 10.2. The number of anilines is 1. The molecule has 0 saturated heterocycles. The molecule has 0 saturated carbocycles. The Hall–Kier alpha value is -2.66. The van der Waals surface area contributed by atoms with E-state index in [1.807, 2.05) is 24.3 Å². The largest absolute Gasteiger partial charge is 0.461 e. The van der Waals surface area contributed by atoms with Crippen molar-refractivity contribution < 1.29 is 14.3 Å². The zero-order chi connectivity index (χ0) is 17.3. The number of benzene rings is 2. The molecule has 0 amide bonds. The summed E-state index contributed by atoms with van der Waals surface area (Å²) in [5, 5.41) is 1.32. The molecule has 3 aromatic rings. The molecule has 0 aliphatic heterocycles. The van der Waals surface area contributed by atoms with Gasteiger partial charge in [0.05, 0.1) is 17.8 Å². The second-order valence-electron chi connectivity index (χ2n) is 5.26. The van der Waals surface area contributed by atoms with Gasteiger partial charge in [-0.3, -0.25) is 0 Å². The molecule has 2 N–H and O–H groups in total. The summed E-state index contributed by atoms with van der Waals surface area (Å²) in [5.74, 6) is 0.403. The molecule has 24 heavy (non-hydrogen) atoms. The van der Waals surface area contributed by atoms with Gasteiger partial charge in [0.1, 0.15) is 0 Å². The van der Waals surface area contributed by atoms with E-state index in [-0.39, 0.29) is 6.61 Å². The Bertz CT molecular complexity index is 918. The molecular formula is C18H17ClN2O3. The van der Waals surface area contributed by atoms with Crippen LogP contribution >= 0.6 is 11.6 Å². The number of ether oxygens (including phenoxy) is 2. The molecule has 0 radical (unpaired) electrons. The molecular weight excluding hydrogens is 328 g/mol. The number of carbonyl (C=O) groups is 1. The van der Waals surface area contributed by atoms with Gasteiger partial charge in [-0.15, -0.1) is 0 Å². The van der Waals surface area contributed by atoms with E-state index in [9.17, 15) is 4.79 Å². The summed E-state index contributed by atoms with van der Waals surface area (Å²) < 4.78 is 12.9. The molecule has 1 aromatic heterocycles. The standard InChI is InChI=1S/C18H17ClN2O3/c1-3-23-18(22)16-17(12-6-4-5-7-14(12)21(16)2)24-15-9-8-11(19)10-13(15)20/h4-10H,3,20H2,1-2H3. The quantitative estimate of drug-likeness (QED) is 0.563. The Morgan fingerprint density at radius 2 is 2.00 bits per heavy atom. The van der Waals surface area contributed by atoms with E-state index < -0.39 is 5.97 Å². The highest BCUT2D eigenvalue weighted by Gasteiger charge is 2.24. The summed E-state index contributed by atoms with van der Waals surface area (Å²) in [6.07, 6.45) is 0. The minimum absolute atomic E-state index is 0.281. The van der Waals surface area contributed by atoms with Gasteiger partial charge in [-0.1, -0.05) is 23.7 Å². The van der Waals surface area contributed by atoms with E-state index in [1.54, 1.807) is 36.7 Å². The number of nitrogens with zero attached hydrogens (tertiary/aromatic N) is 1. The third-order valence-electron chi connectivity index (χ3n) is 3.71. The predicted octanol–water partition coefficient (Wildman–Crippen LogP) is 4.38. The van der Waals surface area contributed by atoms with Gasteiger partial charge in [-0.2, -0.15) is 0 Å². The van der Waals surface area contributed by atoms with Crippen molar-refractivity contribution in [2.24, 2.45) is 7.05 Å². The first-order valence-corrected chi connectivity index (χ1v) is 7.88. The van der Waals surface area contributed by atoms with Crippen molar-refractivity contribution in [3.8, 4) is 11.5 Å². The summed E-state index contributed by atoms with van der Waals surface area (Å²) in [5.41, 5.74) is 7.57. The molecule has 1 heterocycles. The third kappa shape index (κ3) is 2.78. The third-order valence-corrected chi connectivity index (χ3v) is 3.95. The Labute approximate surface area is 144 Å². The molecule has 0 unspecified atom stereocenters. The van der Waals surface area contributed by atoms with E-state index in [0.29, 0.717) is 27.9 Å². The second kappa shape index (κ2) is 6.45. The first kappa shape index (κ1) is 16.2. The number of nitrogens with two attached hydrogens (primary N) is 1. The number of hydrogen-bond donors (Lipinski definition) is 1. The first-order valence-electron chi connectivity index (χ1n) is 7.50. The summed E-state index contributed by atoms with van der Waals surface area (Å²) in [6, 6.07) is 12.5. The van der Waals surface area contributed by atoms with Crippen molar-refractivity contribution >= 4 is 34.2 Å². The van der Waals surface area contributed by atoms with Crippen LogP contribution in [0.2, 0.25) is 5.02 Å². The van der Waals surface area contributed by atoms with E-state index in [1.165, 1.54) is 0 Å². The highest BCUT2D eigenvalue weighted by molar-refractivity contribution is 6.30. The molecule has 0 aliphatic carbocycles. The van der Waals surface area contributed by atoms with Crippen LogP contribution in [0.25, 0.3) is 10.9 Å². The molecule has 2 aromatic carbocycles. The smallest absolute Gasteiger partial charge is 0.358 e. The Kier molecular flexibility index (Phi) is 4.36. The molecule has 124 valence electrons. The number of carbonyl (C=O) groups excluding carboxylic acids is 1. The minimum atomic E-state index is -0.446. The van der Waals surface area contributed by atoms with E-state index in [2.05, 4.69) is 0 Å². The number of fused-ring (bicyclic) bond motifs is 1. The zero-order valence-corrected chi connectivity index (χ0v) is 14.1. The number of aryl methyl sites for hydroxylation is 1. The lowest BCUT2D eigenvalue weighted by Gasteiger charge is -2.11. The van der Waals surface area contributed by atoms with Crippen molar-refractivity contribution in [2.45, 2.75) is 6.92 Å². The molecule has 3 rings (SSSR count). The Morgan fingerprint density at radius 1 is 1.25 bits per heavy atom. The first-order chi connectivity index (χ1) is 11.5. The minimum Gasteiger partial charge on any atom is -0.461 e. The summed E-state index contributed by atoms with van der Waals surface area (Å²) in [6.45, 7) is 2.04. The van der Waals surface area contributed by atoms with Crippen molar-refractivity contribution in [3.63, 3.8) is 0 Å². The highest BCUT2D eigenvalue weighted by atomic mass is 35.5. The number of rotatable bonds is 4. The summed E-state index contributed by atoms with van der Waals surface area (Å²) in [4.78, 5) is 12.4. The number of para-hydroxylation sites is 1. The molecule has 0 atom stereocenters. The Morgan fingerprint density at radius 3 is 2.71 bits per heavy atom. The van der Waals surface area contributed by atoms with Crippen molar-refractivity contribution in [1.82, 2.24) is 4.57 Å². The van der Waals surface area contributed by atoms with Crippen LogP contribution in [0.15, 0.2) is 42.5 Å². The maximum atomic E-state index is 12.4. The van der Waals surface area contributed by atoms with Gasteiger partial charge in [-0.05, 0) is 37.3 Å². The van der Waals surface area contributed by atoms with Crippen LogP contribution in [-0.4, -0.2) is 17.1 Å². The van der Waals surface area contributed by atoms with Crippen LogP contribution in [-0.2, 0) is 11.8 Å². The van der Waals surface area contributed by atoms with Gasteiger partial charge in [0.25, 0.3) is 0 Å². The normalized spacial score (nSPS) is 10.8. The van der Waals surface area contributed by atoms with Crippen LogP contribution in [0, 0.1) is 0 Å². The van der Waals surface area contributed by atoms with Crippen LogP contribution in [0.1, 0.15) is 17.4 Å². The Balaban J connectivity index is 2.18. The topological polar surface area (TPSA) is 66.5 Å². The fourth-order valence-electron chi connectivity index (χ4n) is 2.61. The number of esters is 1. The van der Waals surface area contributed by atoms with Crippen molar-refractivity contribution in [3.05, 3.63) is 53.2 Å². The second-order valence-corrected chi connectivity index (χ2v) is 5.70. The number of halogens is 1. The zero-order valence-electron chi connectivity index (χ0n) is 13.4. The van der Waals surface area contributed by atoms with E-state index in [0.717, 1.165) is 10.9 Å². The van der Waals surface area contributed by atoms with Gasteiger partial charge in [0, 0.05) is 17.5 Å². The molecule has 0 fully saturated rings. The molecule has 5 nitrogen and oxygen atoms in total. The lowest BCUT2D eigenvalue weighted by Crippen LogP contribution is -2.11. The molecule has 0 bridgehead atoms. The van der Waals surface area contributed by atoms with Crippen LogP contribution < -0.4 is 10.5 Å². The van der Waals surface area contributed by atoms with Crippen molar-refractivity contribution in [1.29, 1.82) is 0 Å². The molecule has 0 spiro atoms.